The zero-order chi connectivity index (χ0) is 18.0. The van der Waals surface area contributed by atoms with E-state index < -0.39 is 0 Å². The van der Waals surface area contributed by atoms with Gasteiger partial charge < -0.3 is 15.0 Å². The highest BCUT2D eigenvalue weighted by atomic mass is 16.5. The van der Waals surface area contributed by atoms with Crippen molar-refractivity contribution < 1.29 is 9.53 Å². The summed E-state index contributed by atoms with van der Waals surface area (Å²) in [6.07, 6.45) is 9.57. The molecule has 2 fully saturated rings. The van der Waals surface area contributed by atoms with Gasteiger partial charge in [0.2, 0.25) is 5.91 Å². The van der Waals surface area contributed by atoms with Gasteiger partial charge in [-0.2, -0.15) is 0 Å². The summed E-state index contributed by atoms with van der Waals surface area (Å²) < 4.78 is 5.70. The first-order chi connectivity index (χ1) is 12.8. The second-order valence-electron chi connectivity index (χ2n) is 7.90. The summed E-state index contributed by atoms with van der Waals surface area (Å²) >= 11 is 0. The van der Waals surface area contributed by atoms with Crippen molar-refractivity contribution in [1.82, 2.24) is 10.2 Å². The number of ether oxygens (including phenoxy) is 1. The predicted octanol–water partition coefficient (Wildman–Crippen LogP) is 3.86. The van der Waals surface area contributed by atoms with Crippen molar-refractivity contribution in [2.45, 2.75) is 51.4 Å². The highest BCUT2D eigenvalue weighted by Crippen LogP contribution is 2.27. The van der Waals surface area contributed by atoms with E-state index in [1.807, 2.05) is 30.3 Å². The summed E-state index contributed by atoms with van der Waals surface area (Å²) in [6, 6.07) is 9.95. The van der Waals surface area contributed by atoms with Crippen LogP contribution in [0, 0.1) is 11.8 Å². The van der Waals surface area contributed by atoms with Crippen LogP contribution in [0.2, 0.25) is 0 Å². The number of piperidine rings is 1. The third-order valence-electron chi connectivity index (χ3n) is 5.88. The van der Waals surface area contributed by atoms with Crippen molar-refractivity contribution in [1.29, 1.82) is 0 Å². The Bertz CT molecular complexity index is 520. The molecular formula is C22H34N2O2. The largest absolute Gasteiger partial charge is 0.492 e. The lowest BCUT2D eigenvalue weighted by atomic mass is 9.86. The number of hydrogen-bond acceptors (Lipinski definition) is 3. The zero-order valence-corrected chi connectivity index (χ0v) is 16.0. The van der Waals surface area contributed by atoms with Gasteiger partial charge in [0.25, 0.3) is 0 Å². The third kappa shape index (κ3) is 6.31. The fourth-order valence-electron chi connectivity index (χ4n) is 4.22. The molecule has 1 N–H and O–H groups in total. The number of rotatable bonds is 8. The Balaban J connectivity index is 1.24. The van der Waals surface area contributed by atoms with Crippen LogP contribution >= 0.6 is 0 Å². The Kier molecular flexibility index (Phi) is 7.81. The molecule has 0 aromatic heterocycles. The first-order valence-corrected chi connectivity index (χ1v) is 10.5. The molecule has 1 saturated carbocycles. The van der Waals surface area contributed by atoms with E-state index in [1.165, 1.54) is 32.1 Å². The zero-order valence-electron chi connectivity index (χ0n) is 16.0. The normalized spacial score (nSPS) is 19.5. The van der Waals surface area contributed by atoms with Crippen molar-refractivity contribution in [2.75, 3.05) is 32.8 Å². The molecule has 4 nitrogen and oxygen atoms in total. The molecule has 0 bridgehead atoms. The fraction of sp³-hybridized carbons (Fsp3) is 0.682. The molecule has 2 aliphatic rings. The van der Waals surface area contributed by atoms with Crippen LogP contribution in [0.15, 0.2) is 30.3 Å². The summed E-state index contributed by atoms with van der Waals surface area (Å²) in [6.45, 7) is 4.48. The van der Waals surface area contributed by atoms with Gasteiger partial charge in [-0.1, -0.05) is 37.5 Å². The van der Waals surface area contributed by atoms with E-state index in [2.05, 4.69) is 10.2 Å². The molecule has 1 saturated heterocycles. The molecule has 1 heterocycles. The molecule has 0 spiro atoms. The van der Waals surface area contributed by atoms with Crippen molar-refractivity contribution in [3.63, 3.8) is 0 Å². The maximum absolute atomic E-state index is 12.5. The highest BCUT2D eigenvalue weighted by Gasteiger charge is 2.25. The number of para-hydroxylation sites is 1. The number of carbonyl (C=O) groups excluding carboxylic acids is 1. The SMILES string of the molecule is O=C(CC1CCCCC1)N1CCC(CNCCOc2ccccc2)CC1. The van der Waals surface area contributed by atoms with Gasteiger partial charge in [0.05, 0.1) is 0 Å². The van der Waals surface area contributed by atoms with Gasteiger partial charge >= 0.3 is 0 Å². The number of carbonyl (C=O) groups is 1. The molecule has 3 rings (SSSR count). The average Bonchev–Trinajstić information content (AvgIpc) is 2.70. The van der Waals surface area contributed by atoms with E-state index in [4.69, 9.17) is 4.74 Å². The van der Waals surface area contributed by atoms with Gasteiger partial charge in [-0.15, -0.1) is 0 Å². The van der Waals surface area contributed by atoms with E-state index in [9.17, 15) is 4.79 Å². The quantitative estimate of drug-likeness (QED) is 0.718. The lowest BCUT2D eigenvalue weighted by molar-refractivity contribution is -0.133. The molecule has 0 atom stereocenters. The Hall–Kier alpha value is -1.55. The van der Waals surface area contributed by atoms with Crippen LogP contribution in [0.1, 0.15) is 51.4 Å². The van der Waals surface area contributed by atoms with E-state index in [1.54, 1.807) is 0 Å². The van der Waals surface area contributed by atoms with Gasteiger partial charge in [-0.05, 0) is 56.2 Å². The lowest BCUT2D eigenvalue weighted by Gasteiger charge is -2.33. The minimum Gasteiger partial charge on any atom is -0.492 e. The lowest BCUT2D eigenvalue weighted by Crippen LogP contribution is -2.41. The Morgan fingerprint density at radius 3 is 2.46 bits per heavy atom. The maximum atomic E-state index is 12.5. The summed E-state index contributed by atoms with van der Waals surface area (Å²) in [5, 5.41) is 3.51. The Morgan fingerprint density at radius 1 is 1.00 bits per heavy atom. The second kappa shape index (κ2) is 10.6. The van der Waals surface area contributed by atoms with Crippen LogP contribution in [-0.4, -0.2) is 43.6 Å². The van der Waals surface area contributed by atoms with E-state index in [-0.39, 0.29) is 0 Å². The van der Waals surface area contributed by atoms with E-state index in [0.29, 0.717) is 24.3 Å². The molecular weight excluding hydrogens is 324 g/mol. The number of benzene rings is 1. The summed E-state index contributed by atoms with van der Waals surface area (Å²) in [4.78, 5) is 14.6. The van der Waals surface area contributed by atoms with Crippen LogP contribution < -0.4 is 10.1 Å². The standard InChI is InChI=1S/C22H34N2O2/c25-22(17-19-7-3-1-4-8-19)24-14-11-20(12-15-24)18-23-13-16-26-21-9-5-2-6-10-21/h2,5-6,9-10,19-20,23H,1,3-4,7-8,11-18H2. The number of nitrogens with one attached hydrogen (secondary N) is 1. The van der Waals surface area contributed by atoms with Gasteiger partial charge in [0, 0.05) is 26.1 Å². The van der Waals surface area contributed by atoms with Crippen LogP contribution in [0.4, 0.5) is 0 Å². The first-order valence-electron chi connectivity index (χ1n) is 10.5. The van der Waals surface area contributed by atoms with Gasteiger partial charge in [0.1, 0.15) is 12.4 Å². The minimum atomic E-state index is 0.402. The Labute approximate surface area is 158 Å². The van der Waals surface area contributed by atoms with E-state index >= 15 is 0 Å². The molecule has 1 aromatic carbocycles. The van der Waals surface area contributed by atoms with Crippen LogP contribution in [0.25, 0.3) is 0 Å². The topological polar surface area (TPSA) is 41.6 Å². The molecule has 4 heteroatoms. The first kappa shape index (κ1) is 19.2. The van der Waals surface area contributed by atoms with Gasteiger partial charge in [-0.25, -0.2) is 0 Å². The van der Waals surface area contributed by atoms with Crippen LogP contribution in [0.3, 0.4) is 0 Å². The van der Waals surface area contributed by atoms with Crippen molar-refractivity contribution in [3.05, 3.63) is 30.3 Å². The predicted molar refractivity (Wildman–Crippen MR) is 105 cm³/mol. The van der Waals surface area contributed by atoms with Gasteiger partial charge in [0.15, 0.2) is 0 Å². The number of hydrogen-bond donors (Lipinski definition) is 1. The van der Waals surface area contributed by atoms with Crippen molar-refractivity contribution in [2.24, 2.45) is 11.8 Å². The monoisotopic (exact) mass is 358 g/mol. The third-order valence-corrected chi connectivity index (χ3v) is 5.88. The second-order valence-corrected chi connectivity index (χ2v) is 7.90. The molecule has 0 radical (unpaired) electrons. The van der Waals surface area contributed by atoms with Crippen molar-refractivity contribution >= 4 is 5.91 Å². The molecule has 1 amide bonds. The molecule has 1 aliphatic carbocycles. The summed E-state index contributed by atoms with van der Waals surface area (Å²) in [5.41, 5.74) is 0. The molecule has 1 aromatic rings. The van der Waals surface area contributed by atoms with Crippen molar-refractivity contribution in [3.8, 4) is 5.75 Å². The number of amides is 1. The fourth-order valence-corrected chi connectivity index (χ4v) is 4.22. The number of nitrogens with zero attached hydrogens (tertiary/aromatic N) is 1. The molecule has 144 valence electrons. The van der Waals surface area contributed by atoms with Crippen LogP contribution in [-0.2, 0) is 4.79 Å². The minimum absolute atomic E-state index is 0.402. The Morgan fingerprint density at radius 2 is 1.73 bits per heavy atom. The average molecular weight is 359 g/mol. The maximum Gasteiger partial charge on any atom is 0.222 e. The molecule has 1 aliphatic heterocycles. The highest BCUT2D eigenvalue weighted by molar-refractivity contribution is 5.76. The summed E-state index contributed by atoms with van der Waals surface area (Å²) in [5.74, 6) is 2.67. The summed E-state index contributed by atoms with van der Waals surface area (Å²) in [7, 11) is 0. The van der Waals surface area contributed by atoms with E-state index in [0.717, 1.165) is 51.2 Å². The smallest absolute Gasteiger partial charge is 0.222 e. The number of likely N-dealkylation sites (tertiary alicyclic amines) is 1. The van der Waals surface area contributed by atoms with Gasteiger partial charge in [-0.3, -0.25) is 4.79 Å². The van der Waals surface area contributed by atoms with Crippen LogP contribution in [0.5, 0.6) is 5.75 Å². The molecule has 0 unspecified atom stereocenters. The molecule has 26 heavy (non-hydrogen) atoms.